The fourth-order valence-electron chi connectivity index (χ4n) is 9.85. The fourth-order valence-corrected chi connectivity index (χ4v) is 14.6. The Morgan fingerprint density at radius 3 is 1.45 bits per heavy atom. The first-order chi connectivity index (χ1) is 28.8. The Kier molecular flexibility index (Phi) is 7.25. The van der Waals surface area contributed by atoms with E-state index in [2.05, 4.69) is 221 Å². The molecular weight excluding hydrogens is 721 g/mol. The zero-order chi connectivity index (χ0) is 38.2. The summed E-state index contributed by atoms with van der Waals surface area (Å²) in [6, 6.07) is 80.2. The monoisotopic (exact) mass is 756 g/mol. The van der Waals surface area contributed by atoms with Crippen molar-refractivity contribution in [2.45, 2.75) is 0 Å². The molecule has 0 saturated heterocycles. The maximum absolute atomic E-state index is 6.36. The van der Waals surface area contributed by atoms with Gasteiger partial charge in [-0.25, -0.2) is 0 Å². The van der Waals surface area contributed by atoms with Gasteiger partial charge in [0.2, 0.25) is 0 Å². The van der Waals surface area contributed by atoms with Crippen molar-refractivity contribution in [1.82, 2.24) is 9.13 Å². The second-order valence-electron chi connectivity index (χ2n) is 15.2. The summed E-state index contributed by atoms with van der Waals surface area (Å²) in [4.78, 5) is 0. The summed E-state index contributed by atoms with van der Waals surface area (Å²) in [5.41, 5.74) is 8.77. The van der Waals surface area contributed by atoms with E-state index in [1.807, 2.05) is 6.07 Å². The highest BCUT2D eigenvalue weighted by Gasteiger charge is 2.41. The first kappa shape index (κ1) is 32.8. The van der Waals surface area contributed by atoms with E-state index in [0.29, 0.717) is 0 Å². The second kappa shape index (κ2) is 12.8. The van der Waals surface area contributed by atoms with Crippen LogP contribution in [-0.2, 0) is 0 Å². The van der Waals surface area contributed by atoms with Gasteiger partial charge in [0, 0.05) is 32.6 Å². The predicted molar refractivity (Wildman–Crippen MR) is 246 cm³/mol. The van der Waals surface area contributed by atoms with Crippen LogP contribution in [0.5, 0.6) is 0 Å². The van der Waals surface area contributed by atoms with E-state index in [-0.39, 0.29) is 0 Å². The number of hydrogen-bond donors (Lipinski definition) is 0. The van der Waals surface area contributed by atoms with Crippen molar-refractivity contribution in [1.29, 1.82) is 0 Å². The van der Waals surface area contributed by atoms with Crippen LogP contribution in [0.25, 0.3) is 76.9 Å². The Labute approximate surface area is 336 Å². The Morgan fingerprint density at radius 1 is 0.310 bits per heavy atom. The number of benzene rings is 9. The van der Waals surface area contributed by atoms with Gasteiger partial charge in [0.1, 0.15) is 11.2 Å². The molecule has 0 N–H and O–H groups in total. The molecule has 4 heteroatoms. The smallest absolute Gasteiger partial charge is 0.179 e. The van der Waals surface area contributed by atoms with Crippen LogP contribution < -0.4 is 20.7 Å². The maximum Gasteiger partial charge on any atom is 0.179 e. The van der Waals surface area contributed by atoms with Crippen LogP contribution in [0.4, 0.5) is 0 Å². The molecule has 0 aliphatic heterocycles. The van der Waals surface area contributed by atoms with Crippen molar-refractivity contribution < 1.29 is 4.42 Å². The highest BCUT2D eigenvalue weighted by atomic mass is 28.3. The van der Waals surface area contributed by atoms with Gasteiger partial charge in [0.25, 0.3) is 0 Å². The Hall–Kier alpha value is -7.40. The molecular formula is C54H36N2OSi. The third-order valence-corrected chi connectivity index (χ3v) is 17.0. The molecule has 3 aromatic heterocycles. The zero-order valence-corrected chi connectivity index (χ0v) is 32.6. The van der Waals surface area contributed by atoms with Crippen molar-refractivity contribution in [2.75, 3.05) is 0 Å². The number of aromatic nitrogens is 2. The molecule has 12 rings (SSSR count). The molecule has 0 aliphatic carbocycles. The first-order valence-electron chi connectivity index (χ1n) is 19.9. The molecule has 0 unspecified atom stereocenters. The third kappa shape index (κ3) is 4.67. The van der Waals surface area contributed by atoms with Crippen LogP contribution in [0, 0.1) is 0 Å². The maximum atomic E-state index is 6.36. The van der Waals surface area contributed by atoms with Gasteiger partial charge >= 0.3 is 0 Å². The Balaban J connectivity index is 1.11. The van der Waals surface area contributed by atoms with Gasteiger partial charge in [-0.1, -0.05) is 164 Å². The number of para-hydroxylation sites is 3. The van der Waals surface area contributed by atoms with E-state index < -0.39 is 8.07 Å². The van der Waals surface area contributed by atoms with Gasteiger partial charge in [-0.15, -0.1) is 0 Å². The van der Waals surface area contributed by atoms with Gasteiger partial charge in [-0.2, -0.15) is 0 Å². The standard InChI is InChI=1S/C54H36N2OSi/c1-4-17-38(18-5-1)58(39-19-6-2-7-20-39,40-21-8-3-9-22-40)41-32-34-49-46(36-41)43-24-10-13-26-47(43)55(49)37-31-33-50-45(35-37)42-23-11-14-27-48(42)56(50)51-28-16-30-53-54(51)44-25-12-15-29-52(44)57-53/h1-36H. The molecule has 0 atom stereocenters. The number of fused-ring (bicyclic) bond motifs is 9. The minimum atomic E-state index is -2.72. The summed E-state index contributed by atoms with van der Waals surface area (Å²) < 4.78 is 11.2. The SMILES string of the molecule is c1ccc([Si](c2ccccc2)(c2ccccc2)c2ccc3c(c2)c2ccccc2n3-c2ccc3c(c2)c2ccccc2n3-c2cccc3oc4ccccc4c23)cc1. The van der Waals surface area contributed by atoms with E-state index in [1.54, 1.807) is 0 Å². The number of furan rings is 1. The zero-order valence-electron chi connectivity index (χ0n) is 31.6. The van der Waals surface area contributed by atoms with Crippen LogP contribution in [-0.4, -0.2) is 17.2 Å². The summed E-state index contributed by atoms with van der Waals surface area (Å²) in [6.45, 7) is 0. The molecule has 3 heterocycles. The molecule has 0 amide bonds. The molecule has 3 nitrogen and oxygen atoms in total. The lowest BCUT2D eigenvalue weighted by Crippen LogP contribution is -2.74. The molecule has 12 aromatic rings. The van der Waals surface area contributed by atoms with E-state index in [4.69, 9.17) is 4.42 Å². The number of nitrogens with zero attached hydrogens (tertiary/aromatic N) is 2. The summed E-state index contributed by atoms with van der Waals surface area (Å²) in [5, 5.41) is 12.7. The van der Waals surface area contributed by atoms with Crippen LogP contribution in [0.2, 0.25) is 0 Å². The third-order valence-electron chi connectivity index (χ3n) is 12.3. The molecule has 0 radical (unpaired) electrons. The van der Waals surface area contributed by atoms with Gasteiger partial charge in [-0.05, 0) is 75.3 Å². The Bertz CT molecular complexity index is 3410. The lowest BCUT2D eigenvalue weighted by atomic mass is 10.1. The molecule has 272 valence electrons. The fraction of sp³-hybridized carbons (Fsp3) is 0. The minimum Gasteiger partial charge on any atom is -0.456 e. The van der Waals surface area contributed by atoms with E-state index >= 15 is 0 Å². The van der Waals surface area contributed by atoms with Gasteiger partial charge in [0.15, 0.2) is 8.07 Å². The van der Waals surface area contributed by atoms with Crippen molar-refractivity contribution in [3.8, 4) is 11.4 Å². The molecule has 58 heavy (non-hydrogen) atoms. The van der Waals surface area contributed by atoms with Crippen molar-refractivity contribution in [3.05, 3.63) is 218 Å². The number of rotatable bonds is 6. The molecule has 0 bridgehead atoms. The van der Waals surface area contributed by atoms with Gasteiger partial charge in [0.05, 0.1) is 33.1 Å². The summed E-state index contributed by atoms with van der Waals surface area (Å²) in [7, 11) is -2.72. The summed E-state index contributed by atoms with van der Waals surface area (Å²) in [6.07, 6.45) is 0. The van der Waals surface area contributed by atoms with Crippen molar-refractivity contribution >= 4 is 94.4 Å². The van der Waals surface area contributed by atoms with E-state index in [9.17, 15) is 0 Å². The van der Waals surface area contributed by atoms with Crippen molar-refractivity contribution in [3.63, 3.8) is 0 Å². The van der Waals surface area contributed by atoms with Crippen LogP contribution in [0.15, 0.2) is 223 Å². The largest absolute Gasteiger partial charge is 0.456 e. The van der Waals surface area contributed by atoms with Crippen LogP contribution >= 0.6 is 0 Å². The molecule has 0 saturated carbocycles. The molecule has 0 aliphatic rings. The van der Waals surface area contributed by atoms with Crippen LogP contribution in [0.1, 0.15) is 0 Å². The van der Waals surface area contributed by atoms with Gasteiger partial charge in [-0.3, -0.25) is 0 Å². The first-order valence-corrected chi connectivity index (χ1v) is 21.9. The van der Waals surface area contributed by atoms with Gasteiger partial charge < -0.3 is 13.6 Å². The molecule has 0 fully saturated rings. The van der Waals surface area contributed by atoms with Crippen LogP contribution in [0.3, 0.4) is 0 Å². The highest BCUT2D eigenvalue weighted by Crippen LogP contribution is 2.40. The predicted octanol–water partition coefficient (Wildman–Crippen LogP) is 11.2. The Morgan fingerprint density at radius 2 is 0.793 bits per heavy atom. The normalized spacial score (nSPS) is 12.1. The summed E-state index contributed by atoms with van der Waals surface area (Å²) >= 11 is 0. The molecule has 9 aromatic carbocycles. The summed E-state index contributed by atoms with van der Waals surface area (Å²) in [5.74, 6) is 0. The van der Waals surface area contributed by atoms with E-state index in [0.717, 1.165) is 38.8 Å². The lowest BCUT2D eigenvalue weighted by Gasteiger charge is -2.34. The topological polar surface area (TPSA) is 23.0 Å². The highest BCUT2D eigenvalue weighted by molar-refractivity contribution is 7.20. The lowest BCUT2D eigenvalue weighted by molar-refractivity contribution is 0.669. The van der Waals surface area contributed by atoms with Crippen molar-refractivity contribution in [2.24, 2.45) is 0 Å². The average Bonchev–Trinajstić information content (AvgIpc) is 3.95. The molecule has 0 spiro atoms. The minimum absolute atomic E-state index is 0.893. The second-order valence-corrected chi connectivity index (χ2v) is 19.0. The number of hydrogen-bond acceptors (Lipinski definition) is 1. The average molecular weight is 757 g/mol. The quantitative estimate of drug-likeness (QED) is 0.122. The van der Waals surface area contributed by atoms with E-state index in [1.165, 1.54) is 58.8 Å².